The third kappa shape index (κ3) is 4.81. The first kappa shape index (κ1) is 13.9. The lowest BCUT2D eigenvalue weighted by Crippen LogP contribution is -2.56. The van der Waals surface area contributed by atoms with Crippen LogP contribution in [0.4, 0.5) is 0 Å². The van der Waals surface area contributed by atoms with E-state index in [-0.39, 0.29) is 5.54 Å². The van der Waals surface area contributed by atoms with Crippen LogP contribution in [0.1, 0.15) is 33.1 Å². The molecule has 16 heavy (non-hydrogen) atoms. The van der Waals surface area contributed by atoms with Crippen molar-refractivity contribution in [3.05, 3.63) is 0 Å². The molecule has 0 heterocycles. The molecule has 0 saturated heterocycles. The topological polar surface area (TPSA) is 32.5 Å². The van der Waals surface area contributed by atoms with Gasteiger partial charge in [-0.1, -0.05) is 13.8 Å². The number of hydrogen-bond acceptors (Lipinski definition) is 3. The number of hydrogen-bond donors (Lipinski definition) is 1. The zero-order chi connectivity index (χ0) is 12.2. The summed E-state index contributed by atoms with van der Waals surface area (Å²) in [6.07, 6.45) is 3.74. The minimum atomic E-state index is 0.126. The summed E-state index contributed by atoms with van der Waals surface area (Å²) in [6, 6.07) is 0. The minimum Gasteiger partial charge on any atom is -0.324 e. The van der Waals surface area contributed by atoms with Crippen LogP contribution in [0.2, 0.25) is 0 Å². The predicted molar refractivity (Wildman–Crippen MR) is 70.6 cm³/mol. The van der Waals surface area contributed by atoms with Crippen molar-refractivity contribution in [2.45, 2.75) is 38.6 Å². The van der Waals surface area contributed by atoms with Crippen LogP contribution in [0.25, 0.3) is 0 Å². The Morgan fingerprint density at radius 3 is 2.19 bits per heavy atom. The van der Waals surface area contributed by atoms with Gasteiger partial charge in [0, 0.05) is 31.7 Å². The maximum absolute atomic E-state index is 6.33. The van der Waals surface area contributed by atoms with Gasteiger partial charge in [0.15, 0.2) is 0 Å². The zero-order valence-electron chi connectivity index (χ0n) is 11.5. The van der Waals surface area contributed by atoms with Crippen molar-refractivity contribution in [2.75, 3.05) is 40.3 Å². The van der Waals surface area contributed by atoms with Gasteiger partial charge in [0.1, 0.15) is 0 Å². The van der Waals surface area contributed by atoms with Gasteiger partial charge in [-0.2, -0.15) is 0 Å². The molecule has 0 amide bonds. The van der Waals surface area contributed by atoms with E-state index in [9.17, 15) is 0 Å². The molecule has 0 aliphatic heterocycles. The normalized spacial score (nSPS) is 19.5. The molecule has 3 nitrogen and oxygen atoms in total. The highest BCUT2D eigenvalue weighted by atomic mass is 15.2. The Labute approximate surface area is 101 Å². The van der Waals surface area contributed by atoms with Gasteiger partial charge < -0.3 is 10.6 Å². The van der Waals surface area contributed by atoms with Crippen molar-refractivity contribution in [1.29, 1.82) is 0 Å². The van der Waals surface area contributed by atoms with Crippen LogP contribution < -0.4 is 5.73 Å². The fraction of sp³-hybridized carbons (Fsp3) is 1.00. The van der Waals surface area contributed by atoms with Crippen LogP contribution in [-0.4, -0.2) is 55.6 Å². The minimum absolute atomic E-state index is 0.126. The second kappa shape index (κ2) is 5.99. The molecule has 0 spiro atoms. The molecule has 0 atom stereocenters. The Bertz CT molecular complexity index is 197. The Balaban J connectivity index is 2.36. The van der Waals surface area contributed by atoms with Crippen LogP contribution in [0, 0.1) is 5.92 Å². The molecule has 0 bridgehead atoms. The third-order valence-electron chi connectivity index (χ3n) is 3.37. The van der Waals surface area contributed by atoms with Crippen LogP contribution in [-0.2, 0) is 0 Å². The number of rotatable bonds is 7. The van der Waals surface area contributed by atoms with Crippen molar-refractivity contribution in [3.63, 3.8) is 0 Å². The van der Waals surface area contributed by atoms with Crippen LogP contribution >= 0.6 is 0 Å². The Morgan fingerprint density at radius 2 is 1.81 bits per heavy atom. The Kier molecular flexibility index (Phi) is 5.22. The molecule has 2 N–H and O–H groups in total. The molecule has 0 aromatic carbocycles. The van der Waals surface area contributed by atoms with Gasteiger partial charge in [0.2, 0.25) is 0 Å². The van der Waals surface area contributed by atoms with E-state index in [0.717, 1.165) is 25.6 Å². The van der Waals surface area contributed by atoms with Crippen molar-refractivity contribution < 1.29 is 0 Å². The van der Waals surface area contributed by atoms with Crippen molar-refractivity contribution >= 4 is 0 Å². The van der Waals surface area contributed by atoms with Crippen molar-refractivity contribution in [3.8, 4) is 0 Å². The summed E-state index contributed by atoms with van der Waals surface area (Å²) >= 11 is 0. The average Bonchev–Trinajstić information content (AvgIpc) is 2.10. The molecule has 0 aromatic rings. The lowest BCUT2D eigenvalue weighted by molar-refractivity contribution is 0.127. The third-order valence-corrected chi connectivity index (χ3v) is 3.37. The highest BCUT2D eigenvalue weighted by molar-refractivity contribution is 4.95. The monoisotopic (exact) mass is 227 g/mol. The fourth-order valence-electron chi connectivity index (χ4n) is 2.33. The average molecular weight is 227 g/mol. The molecule has 1 fully saturated rings. The molecule has 1 aliphatic carbocycles. The van der Waals surface area contributed by atoms with E-state index in [1.165, 1.54) is 25.8 Å². The maximum Gasteiger partial charge on any atom is 0.0283 e. The molecule has 3 heteroatoms. The lowest BCUT2D eigenvalue weighted by Gasteiger charge is -2.42. The van der Waals surface area contributed by atoms with Gasteiger partial charge >= 0.3 is 0 Å². The highest BCUT2D eigenvalue weighted by Crippen LogP contribution is 2.29. The van der Waals surface area contributed by atoms with Gasteiger partial charge in [-0.25, -0.2) is 0 Å². The fourth-order valence-corrected chi connectivity index (χ4v) is 2.33. The van der Waals surface area contributed by atoms with Crippen molar-refractivity contribution in [1.82, 2.24) is 9.80 Å². The predicted octanol–water partition coefficient (Wildman–Crippen LogP) is 1.39. The van der Waals surface area contributed by atoms with Crippen molar-refractivity contribution in [2.24, 2.45) is 11.7 Å². The van der Waals surface area contributed by atoms with E-state index < -0.39 is 0 Å². The summed E-state index contributed by atoms with van der Waals surface area (Å²) in [5, 5.41) is 0. The number of likely N-dealkylation sites (N-methyl/N-ethyl adjacent to an activating group) is 1. The smallest absolute Gasteiger partial charge is 0.0283 e. The van der Waals surface area contributed by atoms with E-state index in [0.29, 0.717) is 0 Å². The number of nitrogens with two attached hydrogens (primary N) is 1. The van der Waals surface area contributed by atoms with Gasteiger partial charge in [-0.3, -0.25) is 4.90 Å². The van der Waals surface area contributed by atoms with E-state index in [4.69, 9.17) is 5.73 Å². The van der Waals surface area contributed by atoms with Gasteiger partial charge in [0.05, 0.1) is 0 Å². The second-order valence-corrected chi connectivity index (χ2v) is 6.15. The summed E-state index contributed by atoms with van der Waals surface area (Å²) in [6.45, 7) is 9.10. The quantitative estimate of drug-likeness (QED) is 0.713. The second-order valence-electron chi connectivity index (χ2n) is 6.15. The highest BCUT2D eigenvalue weighted by Gasteiger charge is 2.34. The Hall–Kier alpha value is -0.120. The first-order valence-corrected chi connectivity index (χ1v) is 6.57. The molecule has 0 radical (unpaired) electrons. The molecular formula is C13H29N3. The first-order chi connectivity index (χ1) is 7.41. The Morgan fingerprint density at radius 1 is 1.19 bits per heavy atom. The van der Waals surface area contributed by atoms with Crippen LogP contribution in [0.5, 0.6) is 0 Å². The molecular weight excluding hydrogens is 198 g/mol. The summed E-state index contributed by atoms with van der Waals surface area (Å²) in [5.74, 6) is 0.728. The van der Waals surface area contributed by atoms with E-state index in [1.807, 2.05) is 0 Å². The zero-order valence-corrected chi connectivity index (χ0v) is 11.5. The summed E-state index contributed by atoms with van der Waals surface area (Å²) < 4.78 is 0. The molecule has 1 aliphatic rings. The largest absolute Gasteiger partial charge is 0.324 e. The van der Waals surface area contributed by atoms with E-state index >= 15 is 0 Å². The van der Waals surface area contributed by atoms with Gasteiger partial charge in [-0.05, 0) is 39.3 Å². The van der Waals surface area contributed by atoms with Gasteiger partial charge in [-0.15, -0.1) is 0 Å². The summed E-state index contributed by atoms with van der Waals surface area (Å²) in [4.78, 5) is 4.79. The molecule has 1 rings (SSSR count). The van der Waals surface area contributed by atoms with Crippen LogP contribution in [0.15, 0.2) is 0 Å². The molecule has 96 valence electrons. The SMILES string of the molecule is CC(C)CN(CCN(C)C)CC1(N)CCC1. The summed E-state index contributed by atoms with van der Waals surface area (Å²) in [5.41, 5.74) is 6.46. The first-order valence-electron chi connectivity index (χ1n) is 6.57. The van der Waals surface area contributed by atoms with E-state index in [1.54, 1.807) is 0 Å². The molecule has 0 aromatic heterocycles. The lowest BCUT2D eigenvalue weighted by atomic mass is 9.77. The maximum atomic E-state index is 6.33. The molecule has 0 unspecified atom stereocenters. The number of nitrogens with zero attached hydrogens (tertiary/aromatic N) is 2. The van der Waals surface area contributed by atoms with Gasteiger partial charge in [0.25, 0.3) is 0 Å². The standard InChI is InChI=1S/C13H29N3/c1-12(2)10-16(9-8-15(3)4)11-13(14)6-5-7-13/h12H,5-11,14H2,1-4H3. The van der Waals surface area contributed by atoms with Crippen LogP contribution in [0.3, 0.4) is 0 Å². The molecule has 1 saturated carbocycles. The summed E-state index contributed by atoms with van der Waals surface area (Å²) in [7, 11) is 4.27. The van der Waals surface area contributed by atoms with E-state index in [2.05, 4.69) is 37.7 Å².